The predicted octanol–water partition coefficient (Wildman–Crippen LogP) is 2.50. The van der Waals surface area contributed by atoms with Gasteiger partial charge in [0.2, 0.25) is 0 Å². The molecule has 7 nitrogen and oxygen atoms in total. The highest BCUT2D eigenvalue weighted by molar-refractivity contribution is 7.90. The lowest BCUT2D eigenvalue weighted by molar-refractivity contribution is 0.602. The average molecular weight is 373 g/mol. The molecule has 0 bridgehead atoms. The van der Waals surface area contributed by atoms with Gasteiger partial charge in [-0.15, -0.1) is 0 Å². The Morgan fingerprint density at radius 3 is 2.58 bits per heavy atom. The van der Waals surface area contributed by atoms with Crippen molar-refractivity contribution in [2.75, 3.05) is 11.6 Å². The molecule has 0 aliphatic rings. The Morgan fingerprint density at radius 2 is 1.92 bits per heavy atom. The molecule has 3 aromatic rings. The van der Waals surface area contributed by atoms with Gasteiger partial charge in [0.1, 0.15) is 12.1 Å². The van der Waals surface area contributed by atoms with Crippen LogP contribution in [-0.4, -0.2) is 34.4 Å². The zero-order chi connectivity index (χ0) is 18.9. The standard InChI is InChI=1S/C18H23N5O2S/c1-5-15-14(17(6-2)23(3)22-15)10-19-18-13-9-12(26(4,24)25)7-8-16(13)20-11-21-18/h7-9,11H,5-6,10H2,1-4H3,(H,19,20,21). The largest absolute Gasteiger partial charge is 0.365 e. The Balaban J connectivity index is 2.00. The van der Waals surface area contributed by atoms with E-state index in [0.717, 1.165) is 18.5 Å². The second kappa shape index (κ2) is 7.03. The number of anilines is 1. The van der Waals surface area contributed by atoms with Crippen LogP contribution in [0.15, 0.2) is 29.4 Å². The summed E-state index contributed by atoms with van der Waals surface area (Å²) < 4.78 is 25.7. The molecule has 0 spiro atoms. The molecule has 0 unspecified atom stereocenters. The minimum atomic E-state index is -3.29. The Hall–Kier alpha value is -2.48. The van der Waals surface area contributed by atoms with Gasteiger partial charge in [0.25, 0.3) is 0 Å². The third kappa shape index (κ3) is 3.41. The summed E-state index contributed by atoms with van der Waals surface area (Å²) in [6.07, 6.45) is 4.42. The van der Waals surface area contributed by atoms with Crippen LogP contribution in [0.25, 0.3) is 10.9 Å². The number of aryl methyl sites for hydroxylation is 2. The fourth-order valence-electron chi connectivity index (χ4n) is 3.17. The number of aromatic nitrogens is 4. The maximum absolute atomic E-state index is 11.9. The summed E-state index contributed by atoms with van der Waals surface area (Å²) in [5, 5.41) is 8.62. The first-order chi connectivity index (χ1) is 12.3. The summed E-state index contributed by atoms with van der Waals surface area (Å²) in [5.41, 5.74) is 4.12. The highest BCUT2D eigenvalue weighted by atomic mass is 32.2. The molecule has 26 heavy (non-hydrogen) atoms. The molecule has 3 rings (SSSR count). The molecule has 0 aliphatic carbocycles. The van der Waals surface area contributed by atoms with E-state index in [1.807, 2.05) is 11.7 Å². The van der Waals surface area contributed by atoms with Gasteiger partial charge < -0.3 is 5.32 Å². The third-order valence-corrected chi connectivity index (χ3v) is 5.61. The Kier molecular flexibility index (Phi) is 4.95. The van der Waals surface area contributed by atoms with Crippen LogP contribution in [0.5, 0.6) is 0 Å². The summed E-state index contributed by atoms with van der Waals surface area (Å²) >= 11 is 0. The first-order valence-corrected chi connectivity index (χ1v) is 10.5. The van der Waals surface area contributed by atoms with Gasteiger partial charge in [0.05, 0.1) is 16.1 Å². The highest BCUT2D eigenvalue weighted by Gasteiger charge is 2.15. The number of sulfone groups is 1. The lowest BCUT2D eigenvalue weighted by atomic mass is 10.1. The predicted molar refractivity (Wildman–Crippen MR) is 102 cm³/mol. The molecule has 0 radical (unpaired) electrons. The molecule has 2 heterocycles. The highest BCUT2D eigenvalue weighted by Crippen LogP contribution is 2.24. The zero-order valence-corrected chi connectivity index (χ0v) is 16.3. The van der Waals surface area contributed by atoms with E-state index in [2.05, 4.69) is 34.2 Å². The van der Waals surface area contributed by atoms with Gasteiger partial charge in [-0.3, -0.25) is 4.68 Å². The Morgan fingerprint density at radius 1 is 1.15 bits per heavy atom. The maximum Gasteiger partial charge on any atom is 0.175 e. The minimum absolute atomic E-state index is 0.257. The number of rotatable bonds is 6. The summed E-state index contributed by atoms with van der Waals surface area (Å²) in [7, 11) is -1.33. The maximum atomic E-state index is 11.9. The van der Waals surface area contributed by atoms with Gasteiger partial charge in [-0.05, 0) is 31.0 Å². The number of nitrogens with zero attached hydrogens (tertiary/aromatic N) is 4. The van der Waals surface area contributed by atoms with E-state index in [1.165, 1.54) is 23.8 Å². The second-order valence-corrected chi connectivity index (χ2v) is 8.25. The molecule has 1 aromatic carbocycles. The van der Waals surface area contributed by atoms with Crippen molar-refractivity contribution in [2.45, 2.75) is 38.1 Å². The smallest absolute Gasteiger partial charge is 0.175 e. The normalized spacial score (nSPS) is 11.8. The molecule has 2 aromatic heterocycles. The second-order valence-electron chi connectivity index (χ2n) is 6.23. The monoisotopic (exact) mass is 373 g/mol. The van der Waals surface area contributed by atoms with E-state index in [0.29, 0.717) is 23.3 Å². The van der Waals surface area contributed by atoms with Gasteiger partial charge in [0, 0.05) is 36.5 Å². The summed E-state index contributed by atoms with van der Waals surface area (Å²) in [4.78, 5) is 8.81. The summed E-state index contributed by atoms with van der Waals surface area (Å²) in [6, 6.07) is 4.90. The van der Waals surface area contributed by atoms with Crippen LogP contribution in [0, 0.1) is 0 Å². The van der Waals surface area contributed by atoms with Crippen molar-refractivity contribution < 1.29 is 8.42 Å². The molecule has 138 valence electrons. The fourth-order valence-corrected chi connectivity index (χ4v) is 3.82. The molecule has 0 amide bonds. The van der Waals surface area contributed by atoms with Gasteiger partial charge in [-0.2, -0.15) is 5.10 Å². The van der Waals surface area contributed by atoms with Crippen molar-refractivity contribution in [1.29, 1.82) is 0 Å². The summed E-state index contributed by atoms with van der Waals surface area (Å²) in [5.74, 6) is 0.619. The first-order valence-electron chi connectivity index (χ1n) is 8.57. The Labute approximate surface area is 153 Å². The summed E-state index contributed by atoms with van der Waals surface area (Å²) in [6.45, 7) is 4.78. The van der Waals surface area contributed by atoms with Crippen LogP contribution >= 0.6 is 0 Å². The van der Waals surface area contributed by atoms with Crippen LogP contribution in [0.4, 0.5) is 5.82 Å². The number of nitrogens with one attached hydrogen (secondary N) is 1. The molecule has 1 N–H and O–H groups in total. The van der Waals surface area contributed by atoms with E-state index in [1.54, 1.807) is 18.2 Å². The first kappa shape index (κ1) is 18.3. The molecule has 0 aliphatic heterocycles. The Bertz CT molecular complexity index is 1060. The van der Waals surface area contributed by atoms with Gasteiger partial charge in [-0.1, -0.05) is 13.8 Å². The lowest BCUT2D eigenvalue weighted by Crippen LogP contribution is -2.07. The molecule has 0 fully saturated rings. The molecule has 0 saturated heterocycles. The van der Waals surface area contributed by atoms with Crippen molar-refractivity contribution in [2.24, 2.45) is 7.05 Å². The van der Waals surface area contributed by atoms with E-state index >= 15 is 0 Å². The van der Waals surface area contributed by atoms with Crippen LogP contribution < -0.4 is 5.32 Å². The van der Waals surface area contributed by atoms with E-state index in [4.69, 9.17) is 0 Å². The molecular weight excluding hydrogens is 350 g/mol. The molecule has 8 heteroatoms. The van der Waals surface area contributed by atoms with Crippen LogP contribution in [0.1, 0.15) is 30.8 Å². The van der Waals surface area contributed by atoms with Gasteiger partial charge in [0.15, 0.2) is 9.84 Å². The molecule has 0 saturated carbocycles. The fraction of sp³-hybridized carbons (Fsp3) is 0.389. The van der Waals surface area contributed by atoms with E-state index in [9.17, 15) is 8.42 Å². The van der Waals surface area contributed by atoms with Crippen LogP contribution in [0.2, 0.25) is 0 Å². The molecular formula is C18H23N5O2S. The van der Waals surface area contributed by atoms with Crippen molar-refractivity contribution in [3.8, 4) is 0 Å². The van der Waals surface area contributed by atoms with E-state index in [-0.39, 0.29) is 4.90 Å². The quantitative estimate of drug-likeness (QED) is 0.714. The number of fused-ring (bicyclic) bond motifs is 1. The number of hydrogen-bond acceptors (Lipinski definition) is 6. The zero-order valence-electron chi connectivity index (χ0n) is 15.4. The van der Waals surface area contributed by atoms with E-state index < -0.39 is 9.84 Å². The average Bonchev–Trinajstić information content (AvgIpc) is 2.93. The lowest BCUT2D eigenvalue weighted by Gasteiger charge is -2.11. The van der Waals surface area contributed by atoms with Crippen LogP contribution in [-0.2, 0) is 36.3 Å². The molecule has 0 atom stereocenters. The van der Waals surface area contributed by atoms with Gasteiger partial charge in [-0.25, -0.2) is 18.4 Å². The van der Waals surface area contributed by atoms with Crippen LogP contribution in [0.3, 0.4) is 0 Å². The minimum Gasteiger partial charge on any atom is -0.365 e. The third-order valence-electron chi connectivity index (χ3n) is 4.50. The van der Waals surface area contributed by atoms with Crippen molar-refractivity contribution in [1.82, 2.24) is 19.7 Å². The van der Waals surface area contributed by atoms with Crippen molar-refractivity contribution in [3.05, 3.63) is 41.5 Å². The van der Waals surface area contributed by atoms with Crippen molar-refractivity contribution in [3.63, 3.8) is 0 Å². The van der Waals surface area contributed by atoms with Crippen molar-refractivity contribution >= 4 is 26.6 Å². The number of hydrogen-bond donors (Lipinski definition) is 1. The van der Waals surface area contributed by atoms with Gasteiger partial charge >= 0.3 is 0 Å². The number of benzene rings is 1. The topological polar surface area (TPSA) is 89.8 Å². The SMILES string of the molecule is CCc1nn(C)c(CC)c1CNc1ncnc2ccc(S(C)(=O)=O)cc12.